The maximum absolute atomic E-state index is 12.6. The molecule has 142 valence electrons. The third-order valence-corrected chi connectivity index (χ3v) is 5.31. The van der Waals surface area contributed by atoms with E-state index in [1.165, 1.54) is 5.56 Å². The number of benzene rings is 1. The molecule has 2 fully saturated rings. The molecule has 1 N–H and O–H groups in total. The highest BCUT2D eigenvalue weighted by atomic mass is 16.7. The molecular formula is C21H25N3O3. The van der Waals surface area contributed by atoms with E-state index in [1.54, 1.807) is 12.4 Å². The van der Waals surface area contributed by atoms with Gasteiger partial charge >= 0.3 is 0 Å². The lowest BCUT2D eigenvalue weighted by Crippen LogP contribution is -2.45. The number of hydrogen-bond acceptors (Lipinski definition) is 5. The quantitative estimate of drug-likeness (QED) is 0.899. The number of aryl methyl sites for hydroxylation is 1. The Morgan fingerprint density at radius 1 is 1.15 bits per heavy atom. The van der Waals surface area contributed by atoms with Crippen LogP contribution < -0.4 is 10.2 Å². The Morgan fingerprint density at radius 3 is 2.52 bits per heavy atom. The number of amides is 1. The van der Waals surface area contributed by atoms with Gasteiger partial charge in [0, 0.05) is 37.8 Å². The van der Waals surface area contributed by atoms with Gasteiger partial charge in [-0.15, -0.1) is 0 Å². The number of aromatic nitrogens is 1. The first-order chi connectivity index (χ1) is 13.2. The Balaban J connectivity index is 1.41. The van der Waals surface area contributed by atoms with Gasteiger partial charge in [0.1, 0.15) is 0 Å². The van der Waals surface area contributed by atoms with Gasteiger partial charge in [0.2, 0.25) is 0 Å². The Hall–Kier alpha value is -2.44. The summed E-state index contributed by atoms with van der Waals surface area (Å²) in [6.45, 7) is 5.11. The van der Waals surface area contributed by atoms with Crippen LogP contribution in [0.15, 0.2) is 42.7 Å². The predicted molar refractivity (Wildman–Crippen MR) is 104 cm³/mol. The van der Waals surface area contributed by atoms with Crippen LogP contribution in [0.4, 0.5) is 11.4 Å². The number of ether oxygens (including phenoxy) is 2. The van der Waals surface area contributed by atoms with E-state index in [0.29, 0.717) is 18.8 Å². The first-order valence-corrected chi connectivity index (χ1v) is 9.56. The highest BCUT2D eigenvalue weighted by Gasteiger charge is 2.39. The van der Waals surface area contributed by atoms with Crippen LogP contribution in [-0.4, -0.2) is 43.0 Å². The molecule has 6 heteroatoms. The lowest BCUT2D eigenvalue weighted by atomic mass is 10.0. The van der Waals surface area contributed by atoms with Crippen LogP contribution in [0.2, 0.25) is 0 Å². The van der Waals surface area contributed by atoms with Gasteiger partial charge in [0.25, 0.3) is 5.91 Å². The van der Waals surface area contributed by atoms with Crippen LogP contribution in [0.25, 0.3) is 0 Å². The van der Waals surface area contributed by atoms with Crippen molar-refractivity contribution in [1.82, 2.24) is 4.98 Å². The summed E-state index contributed by atoms with van der Waals surface area (Å²) in [6, 6.07) is 9.82. The molecule has 27 heavy (non-hydrogen) atoms. The zero-order chi connectivity index (χ0) is 18.7. The molecule has 0 atom stereocenters. The zero-order valence-electron chi connectivity index (χ0n) is 15.6. The van der Waals surface area contributed by atoms with E-state index in [1.807, 2.05) is 30.3 Å². The maximum Gasteiger partial charge on any atom is 0.257 e. The van der Waals surface area contributed by atoms with Crippen molar-refractivity contribution in [3.8, 4) is 0 Å². The Bertz CT molecular complexity index is 791. The van der Waals surface area contributed by atoms with Gasteiger partial charge in [-0.2, -0.15) is 0 Å². The van der Waals surface area contributed by atoms with Crippen molar-refractivity contribution in [1.29, 1.82) is 0 Å². The summed E-state index contributed by atoms with van der Waals surface area (Å²) >= 11 is 0. The van der Waals surface area contributed by atoms with Gasteiger partial charge in [0.15, 0.2) is 5.79 Å². The molecule has 1 aromatic heterocycles. The number of piperidine rings is 1. The zero-order valence-corrected chi connectivity index (χ0v) is 15.6. The SMILES string of the molecule is CCc1ccc(NC(=O)c2cncc(N3CCC4(CC3)OCCO4)c2)cc1. The van der Waals surface area contributed by atoms with Gasteiger partial charge in [0.05, 0.1) is 30.7 Å². The largest absolute Gasteiger partial charge is 0.370 e. The molecule has 6 nitrogen and oxygen atoms in total. The maximum atomic E-state index is 12.6. The molecule has 1 spiro atoms. The lowest BCUT2D eigenvalue weighted by molar-refractivity contribution is -0.169. The van der Waals surface area contributed by atoms with Gasteiger partial charge in [-0.25, -0.2) is 0 Å². The smallest absolute Gasteiger partial charge is 0.257 e. The third-order valence-electron chi connectivity index (χ3n) is 5.31. The molecule has 0 unspecified atom stereocenters. The minimum absolute atomic E-state index is 0.149. The van der Waals surface area contributed by atoms with Crippen molar-refractivity contribution in [2.24, 2.45) is 0 Å². The van der Waals surface area contributed by atoms with Crippen molar-refractivity contribution in [2.75, 3.05) is 36.5 Å². The molecule has 4 rings (SSSR count). The van der Waals surface area contributed by atoms with Crippen LogP contribution in [0.3, 0.4) is 0 Å². The van der Waals surface area contributed by atoms with Crippen molar-refractivity contribution in [3.63, 3.8) is 0 Å². The van der Waals surface area contributed by atoms with Crippen LogP contribution in [0, 0.1) is 0 Å². The van der Waals surface area contributed by atoms with Gasteiger partial charge in [-0.05, 0) is 30.2 Å². The number of carbonyl (C=O) groups excluding carboxylic acids is 1. The fraction of sp³-hybridized carbons (Fsp3) is 0.429. The summed E-state index contributed by atoms with van der Waals surface area (Å²) in [7, 11) is 0. The first-order valence-electron chi connectivity index (χ1n) is 9.56. The Morgan fingerprint density at radius 2 is 1.85 bits per heavy atom. The molecule has 3 heterocycles. The van der Waals surface area contributed by atoms with E-state index >= 15 is 0 Å². The molecule has 2 aromatic rings. The van der Waals surface area contributed by atoms with Crippen molar-refractivity contribution >= 4 is 17.3 Å². The molecule has 0 saturated carbocycles. The Kier molecular flexibility index (Phi) is 5.09. The minimum atomic E-state index is -0.399. The lowest BCUT2D eigenvalue weighted by Gasteiger charge is -2.38. The van der Waals surface area contributed by atoms with Crippen molar-refractivity contribution in [2.45, 2.75) is 32.0 Å². The van der Waals surface area contributed by atoms with E-state index < -0.39 is 5.79 Å². The van der Waals surface area contributed by atoms with Crippen LogP contribution >= 0.6 is 0 Å². The number of carbonyl (C=O) groups is 1. The topological polar surface area (TPSA) is 63.7 Å². The number of pyridine rings is 1. The molecule has 2 aliphatic rings. The molecule has 1 aromatic carbocycles. The van der Waals surface area contributed by atoms with E-state index in [2.05, 4.69) is 22.1 Å². The normalized spacial score (nSPS) is 18.6. The second kappa shape index (κ2) is 7.66. The van der Waals surface area contributed by atoms with Crippen molar-refractivity contribution < 1.29 is 14.3 Å². The summed E-state index contributed by atoms with van der Waals surface area (Å²) in [5.74, 6) is -0.548. The van der Waals surface area contributed by atoms with E-state index in [-0.39, 0.29) is 5.91 Å². The van der Waals surface area contributed by atoms with Gasteiger partial charge < -0.3 is 19.7 Å². The number of anilines is 2. The molecule has 1 amide bonds. The summed E-state index contributed by atoms with van der Waals surface area (Å²) < 4.78 is 11.6. The molecule has 0 aliphatic carbocycles. The van der Waals surface area contributed by atoms with Crippen molar-refractivity contribution in [3.05, 3.63) is 53.9 Å². The highest BCUT2D eigenvalue weighted by molar-refractivity contribution is 6.04. The monoisotopic (exact) mass is 367 g/mol. The predicted octanol–water partition coefficient (Wildman–Crippen LogP) is 3.24. The minimum Gasteiger partial charge on any atom is -0.370 e. The first kappa shape index (κ1) is 17.9. The molecule has 2 saturated heterocycles. The summed E-state index contributed by atoms with van der Waals surface area (Å²) in [6.07, 6.45) is 6.04. The van der Waals surface area contributed by atoms with E-state index in [0.717, 1.165) is 43.7 Å². The summed E-state index contributed by atoms with van der Waals surface area (Å²) in [4.78, 5) is 19.1. The second-order valence-electron chi connectivity index (χ2n) is 7.03. The second-order valence-corrected chi connectivity index (χ2v) is 7.03. The summed E-state index contributed by atoms with van der Waals surface area (Å²) in [5.41, 5.74) is 3.55. The number of rotatable bonds is 4. The average Bonchev–Trinajstić information content (AvgIpc) is 3.17. The van der Waals surface area contributed by atoms with Crippen LogP contribution in [0.1, 0.15) is 35.7 Å². The molecule has 2 aliphatic heterocycles. The average molecular weight is 367 g/mol. The van der Waals surface area contributed by atoms with Crippen LogP contribution in [0.5, 0.6) is 0 Å². The standard InChI is InChI=1S/C21H25N3O3/c1-2-16-3-5-18(6-4-16)23-20(25)17-13-19(15-22-14-17)24-9-7-21(8-10-24)26-11-12-27-21/h3-6,13-15H,2,7-12H2,1H3,(H,23,25). The molecule has 0 bridgehead atoms. The fourth-order valence-electron chi connectivity index (χ4n) is 3.64. The molecule has 0 radical (unpaired) electrons. The highest BCUT2D eigenvalue weighted by Crippen LogP contribution is 2.33. The van der Waals surface area contributed by atoms with Gasteiger partial charge in [-0.1, -0.05) is 19.1 Å². The number of nitrogens with zero attached hydrogens (tertiary/aromatic N) is 2. The van der Waals surface area contributed by atoms with E-state index in [4.69, 9.17) is 9.47 Å². The number of nitrogens with one attached hydrogen (secondary N) is 1. The third kappa shape index (κ3) is 3.96. The van der Waals surface area contributed by atoms with Crippen LogP contribution in [-0.2, 0) is 15.9 Å². The molecular weight excluding hydrogens is 342 g/mol. The summed E-state index contributed by atoms with van der Waals surface area (Å²) in [5, 5.41) is 2.94. The fourth-order valence-corrected chi connectivity index (χ4v) is 3.64. The Labute approximate surface area is 159 Å². The van der Waals surface area contributed by atoms with Gasteiger partial charge in [-0.3, -0.25) is 9.78 Å². The number of hydrogen-bond donors (Lipinski definition) is 1. The van der Waals surface area contributed by atoms with E-state index in [9.17, 15) is 4.79 Å².